The number of hydrogen-bond donors (Lipinski definition) is 0. The number of rotatable bonds is 13. The molecule has 1 heterocycles. The van der Waals surface area contributed by atoms with Crippen LogP contribution in [0.2, 0.25) is 0 Å². The Morgan fingerprint density at radius 3 is 1.94 bits per heavy atom. The van der Waals surface area contributed by atoms with Crippen LogP contribution in [0.25, 0.3) is 0 Å². The molecular formula is C43H56F6NO2+. The maximum atomic E-state index is 13.2. The van der Waals surface area contributed by atoms with E-state index in [1.54, 1.807) is 12.1 Å². The van der Waals surface area contributed by atoms with Gasteiger partial charge >= 0.3 is 12.7 Å². The van der Waals surface area contributed by atoms with E-state index in [0.29, 0.717) is 11.8 Å². The number of hydrogen-bond acceptors (Lipinski definition) is 2. The second kappa shape index (κ2) is 16.4. The van der Waals surface area contributed by atoms with Crippen molar-refractivity contribution in [2.45, 2.75) is 148 Å². The van der Waals surface area contributed by atoms with Crippen LogP contribution < -0.4 is 9.47 Å². The molecule has 0 radical (unpaired) electrons. The Bertz CT molecular complexity index is 1620. The van der Waals surface area contributed by atoms with E-state index in [1.807, 2.05) is 26.8 Å². The monoisotopic (exact) mass is 732 g/mol. The predicted molar refractivity (Wildman–Crippen MR) is 196 cm³/mol. The van der Waals surface area contributed by atoms with Gasteiger partial charge < -0.3 is 9.47 Å². The number of fused-ring (bicyclic) bond motifs is 1. The van der Waals surface area contributed by atoms with Crippen LogP contribution in [-0.4, -0.2) is 29.6 Å². The number of nitrogens with zero attached hydrogens (tertiary/aromatic N) is 1. The van der Waals surface area contributed by atoms with Gasteiger partial charge in [0.25, 0.3) is 0 Å². The van der Waals surface area contributed by atoms with Crippen molar-refractivity contribution in [3.05, 3.63) is 76.9 Å². The molecule has 0 atom stereocenters. The van der Waals surface area contributed by atoms with E-state index >= 15 is 0 Å². The molecule has 2 fully saturated rings. The molecule has 0 aromatic heterocycles. The van der Waals surface area contributed by atoms with Gasteiger partial charge in [0.05, 0.1) is 5.41 Å². The molecule has 52 heavy (non-hydrogen) atoms. The van der Waals surface area contributed by atoms with Gasteiger partial charge in [-0.2, -0.15) is 4.58 Å². The average Bonchev–Trinajstić information content (AvgIpc) is 3.28. The van der Waals surface area contributed by atoms with E-state index in [-0.39, 0.29) is 11.5 Å². The second-order valence-corrected chi connectivity index (χ2v) is 16.3. The molecule has 0 N–H and O–H groups in total. The number of allylic oxidation sites excluding steroid dienone is 4. The molecule has 0 amide bonds. The molecule has 5 rings (SSSR count). The van der Waals surface area contributed by atoms with E-state index in [4.69, 9.17) is 0 Å². The van der Waals surface area contributed by atoms with Crippen molar-refractivity contribution in [2.24, 2.45) is 11.8 Å². The molecule has 0 saturated heterocycles. The standard InChI is InChI=1S/C43H56F6NO2/c1-30-22-23-34(51-42(44,45)46)28-36(30)40(2,3)33(19-12-18-31-14-8-6-9-15-31)20-13-21-39-41(4,5)37-29-35(52-43(47,48)49)24-25-38(37)50(39)27-26-32-16-10-7-11-17-32/h13,20-25,28-29,31-32H,6-12,14-19,26-27H2,1-5H3/q+1/b21-13+,33-20-. The SMILES string of the molecule is Cc1ccc(OC(F)(F)F)cc1C(C)(C)/C(=C\C=C\C1=[N+](CCC2CCCCC2)c2ccc(OC(F)(F)F)cc2C1(C)C)CCCC1CCCCC1. The zero-order valence-electron chi connectivity index (χ0n) is 31.5. The topological polar surface area (TPSA) is 21.5 Å². The van der Waals surface area contributed by atoms with Crippen molar-refractivity contribution in [3.63, 3.8) is 0 Å². The molecule has 0 spiro atoms. The first-order valence-electron chi connectivity index (χ1n) is 19.2. The smallest absolute Gasteiger partial charge is 0.406 e. The summed E-state index contributed by atoms with van der Waals surface area (Å²) < 4.78 is 90.3. The van der Waals surface area contributed by atoms with E-state index in [9.17, 15) is 26.3 Å². The summed E-state index contributed by atoms with van der Waals surface area (Å²) in [4.78, 5) is 0. The summed E-state index contributed by atoms with van der Waals surface area (Å²) in [6.07, 6.45) is 13.0. The number of benzene rings is 2. The largest absolute Gasteiger partial charge is 0.573 e. The maximum absolute atomic E-state index is 13.2. The quantitative estimate of drug-likeness (QED) is 0.116. The van der Waals surface area contributed by atoms with Crippen LogP contribution in [0.4, 0.5) is 32.0 Å². The Morgan fingerprint density at radius 1 is 0.788 bits per heavy atom. The first kappa shape index (κ1) is 40.0. The van der Waals surface area contributed by atoms with Gasteiger partial charge in [0, 0.05) is 29.5 Å². The highest BCUT2D eigenvalue weighted by atomic mass is 19.4. The second-order valence-electron chi connectivity index (χ2n) is 16.3. The molecule has 3 aliphatic rings. The minimum atomic E-state index is -4.79. The van der Waals surface area contributed by atoms with Gasteiger partial charge in [-0.05, 0) is 80.8 Å². The van der Waals surface area contributed by atoms with Crippen LogP contribution in [0.1, 0.15) is 134 Å². The highest BCUT2D eigenvalue weighted by Gasteiger charge is 2.45. The lowest BCUT2D eigenvalue weighted by atomic mass is 9.73. The summed E-state index contributed by atoms with van der Waals surface area (Å²) in [6.45, 7) is 10.9. The van der Waals surface area contributed by atoms with Crippen LogP contribution in [-0.2, 0) is 10.8 Å². The van der Waals surface area contributed by atoms with Crippen molar-refractivity contribution in [1.29, 1.82) is 0 Å². The summed E-state index contributed by atoms with van der Waals surface area (Å²) in [5.41, 5.74) is 4.23. The lowest BCUT2D eigenvalue weighted by Crippen LogP contribution is -2.28. The predicted octanol–water partition coefficient (Wildman–Crippen LogP) is 13.3. The van der Waals surface area contributed by atoms with Crippen molar-refractivity contribution in [1.82, 2.24) is 0 Å². The molecule has 286 valence electrons. The first-order valence-corrected chi connectivity index (χ1v) is 19.2. The van der Waals surface area contributed by atoms with Gasteiger partial charge in [-0.1, -0.05) is 108 Å². The zero-order chi connectivity index (χ0) is 37.7. The van der Waals surface area contributed by atoms with Crippen LogP contribution in [0.15, 0.2) is 60.2 Å². The number of alkyl halides is 6. The fourth-order valence-electron chi connectivity index (χ4n) is 8.94. The van der Waals surface area contributed by atoms with E-state index < -0.39 is 23.6 Å². The molecule has 0 unspecified atom stereocenters. The number of halogens is 6. The third kappa shape index (κ3) is 10.2. The molecule has 2 saturated carbocycles. The van der Waals surface area contributed by atoms with Gasteiger partial charge in [-0.3, -0.25) is 0 Å². The maximum Gasteiger partial charge on any atom is 0.573 e. The zero-order valence-corrected chi connectivity index (χ0v) is 31.5. The van der Waals surface area contributed by atoms with E-state index in [0.717, 1.165) is 65.9 Å². The van der Waals surface area contributed by atoms with Crippen LogP contribution in [0, 0.1) is 18.8 Å². The van der Waals surface area contributed by atoms with Gasteiger partial charge in [0.15, 0.2) is 5.71 Å². The fourth-order valence-corrected chi connectivity index (χ4v) is 8.94. The Morgan fingerprint density at radius 2 is 1.35 bits per heavy atom. The minimum Gasteiger partial charge on any atom is -0.406 e. The van der Waals surface area contributed by atoms with Crippen LogP contribution >= 0.6 is 0 Å². The van der Waals surface area contributed by atoms with Crippen molar-refractivity contribution in [3.8, 4) is 11.5 Å². The average molecular weight is 733 g/mol. The molecular weight excluding hydrogens is 676 g/mol. The first-order chi connectivity index (χ1) is 24.4. The van der Waals surface area contributed by atoms with Crippen LogP contribution in [0.5, 0.6) is 11.5 Å². The Hall–Kier alpha value is -3.23. The highest BCUT2D eigenvalue weighted by Crippen LogP contribution is 2.44. The summed E-state index contributed by atoms with van der Waals surface area (Å²) in [7, 11) is 0. The fraction of sp³-hybridized carbons (Fsp3) is 0.605. The van der Waals surface area contributed by atoms with Crippen molar-refractivity contribution >= 4 is 11.4 Å². The minimum absolute atomic E-state index is 0.231. The Kier molecular flexibility index (Phi) is 12.6. The summed E-state index contributed by atoms with van der Waals surface area (Å²) in [5.74, 6) is 0.861. The van der Waals surface area contributed by atoms with E-state index in [2.05, 4.69) is 40.0 Å². The van der Waals surface area contributed by atoms with Crippen molar-refractivity contribution < 1.29 is 40.4 Å². The normalized spacial score (nSPS) is 19.4. The van der Waals surface area contributed by atoms with Gasteiger partial charge in [0.2, 0.25) is 5.69 Å². The van der Waals surface area contributed by atoms with E-state index in [1.165, 1.54) is 88.5 Å². The van der Waals surface area contributed by atoms with Crippen molar-refractivity contribution in [2.75, 3.05) is 6.54 Å². The summed E-state index contributed by atoms with van der Waals surface area (Å²) in [6, 6.07) is 9.22. The van der Waals surface area contributed by atoms with Gasteiger partial charge in [-0.15, -0.1) is 26.3 Å². The lowest BCUT2D eigenvalue weighted by molar-refractivity contribution is -0.439. The third-order valence-electron chi connectivity index (χ3n) is 11.8. The number of aryl methyl sites for hydroxylation is 1. The molecule has 1 aliphatic heterocycles. The molecule has 2 aromatic rings. The summed E-state index contributed by atoms with van der Waals surface area (Å²) in [5, 5.41) is 0. The number of ether oxygens (including phenoxy) is 2. The lowest BCUT2D eigenvalue weighted by Gasteiger charge is -2.32. The van der Waals surface area contributed by atoms with Crippen LogP contribution in [0.3, 0.4) is 0 Å². The van der Waals surface area contributed by atoms with Gasteiger partial charge in [0.1, 0.15) is 18.0 Å². The Labute approximate surface area is 306 Å². The highest BCUT2D eigenvalue weighted by molar-refractivity contribution is 6.03. The molecule has 3 nitrogen and oxygen atoms in total. The van der Waals surface area contributed by atoms with Gasteiger partial charge in [-0.25, -0.2) is 0 Å². The summed E-state index contributed by atoms with van der Waals surface area (Å²) >= 11 is 0. The third-order valence-corrected chi connectivity index (χ3v) is 11.8. The molecule has 2 aromatic carbocycles. The molecule has 9 heteroatoms. The Balaban J connectivity index is 1.51. The molecule has 0 bridgehead atoms. The molecule has 2 aliphatic carbocycles.